The molecule has 0 radical (unpaired) electrons. The monoisotopic (exact) mass is 207 g/mol. The molecule has 1 aromatic heterocycles. The number of pyridine rings is 1. The van der Waals surface area contributed by atoms with Crippen molar-refractivity contribution in [3.8, 4) is 0 Å². The molecule has 82 valence electrons. The molecule has 0 saturated carbocycles. The second kappa shape index (κ2) is 5.49. The number of aromatic nitrogens is 1. The van der Waals surface area contributed by atoms with E-state index < -0.39 is 0 Å². The molecule has 0 spiro atoms. The Bertz CT molecular complexity index is 347. The largest absolute Gasteiger partial charge is 0.462 e. The number of rotatable bonds is 4. The quantitative estimate of drug-likeness (QED) is 0.712. The Morgan fingerprint density at radius 3 is 2.80 bits per heavy atom. The van der Waals surface area contributed by atoms with Crippen molar-refractivity contribution in [2.45, 2.75) is 33.6 Å². The molecule has 0 aliphatic rings. The summed E-state index contributed by atoms with van der Waals surface area (Å²) in [7, 11) is 0. The van der Waals surface area contributed by atoms with Crippen LogP contribution in [0, 0.1) is 6.92 Å². The number of hydrogen-bond donors (Lipinski definition) is 0. The molecule has 0 atom stereocenters. The first-order chi connectivity index (χ1) is 7.19. The van der Waals surface area contributed by atoms with Gasteiger partial charge in [0.25, 0.3) is 0 Å². The number of aryl methyl sites for hydroxylation is 2. The third kappa shape index (κ3) is 3.05. The molecule has 0 aliphatic heterocycles. The molecule has 0 fully saturated rings. The number of ether oxygens (including phenoxy) is 1. The van der Waals surface area contributed by atoms with Gasteiger partial charge in [-0.2, -0.15) is 0 Å². The van der Waals surface area contributed by atoms with E-state index in [9.17, 15) is 4.79 Å². The van der Waals surface area contributed by atoms with Crippen LogP contribution in [0.25, 0.3) is 0 Å². The van der Waals surface area contributed by atoms with E-state index >= 15 is 0 Å². The summed E-state index contributed by atoms with van der Waals surface area (Å²) < 4.78 is 4.99. The zero-order chi connectivity index (χ0) is 11.3. The van der Waals surface area contributed by atoms with Crippen LogP contribution >= 0.6 is 0 Å². The van der Waals surface area contributed by atoms with Gasteiger partial charge in [-0.05, 0) is 31.9 Å². The lowest BCUT2D eigenvalue weighted by Crippen LogP contribution is -2.10. The Morgan fingerprint density at radius 1 is 1.47 bits per heavy atom. The molecule has 3 heteroatoms. The number of esters is 1. The fraction of sp³-hybridized carbons (Fsp3) is 0.500. The minimum atomic E-state index is -0.267. The molecule has 1 aromatic rings. The van der Waals surface area contributed by atoms with Gasteiger partial charge in [0.15, 0.2) is 0 Å². The van der Waals surface area contributed by atoms with Crippen LogP contribution in [0.3, 0.4) is 0 Å². The van der Waals surface area contributed by atoms with Gasteiger partial charge in [0.1, 0.15) is 0 Å². The van der Waals surface area contributed by atoms with Gasteiger partial charge in [-0.1, -0.05) is 13.3 Å². The highest BCUT2D eigenvalue weighted by molar-refractivity contribution is 5.90. The maximum absolute atomic E-state index is 11.6. The summed E-state index contributed by atoms with van der Waals surface area (Å²) in [6, 6.07) is 1.84. The fourth-order valence-corrected chi connectivity index (χ4v) is 1.42. The minimum absolute atomic E-state index is 0.267. The number of hydrogen-bond acceptors (Lipinski definition) is 3. The molecule has 0 bridgehead atoms. The molecule has 0 amide bonds. The predicted molar refractivity (Wildman–Crippen MR) is 58.9 cm³/mol. The Balaban J connectivity index is 3.00. The highest BCUT2D eigenvalue weighted by Crippen LogP contribution is 2.12. The zero-order valence-electron chi connectivity index (χ0n) is 9.54. The number of carbonyl (C=O) groups excluding carboxylic acids is 1. The summed E-state index contributed by atoms with van der Waals surface area (Å²) in [6.45, 7) is 6.20. The van der Waals surface area contributed by atoms with Crippen LogP contribution in [0.2, 0.25) is 0 Å². The molecule has 0 N–H and O–H groups in total. The van der Waals surface area contributed by atoms with Gasteiger partial charge < -0.3 is 4.74 Å². The maximum atomic E-state index is 11.6. The molecule has 0 unspecified atom stereocenters. The SMILES string of the molecule is CCCc1ncc(C)cc1C(=O)OCC. The molecular weight excluding hydrogens is 190 g/mol. The van der Waals surface area contributed by atoms with Crippen LogP contribution in [-0.4, -0.2) is 17.6 Å². The highest BCUT2D eigenvalue weighted by atomic mass is 16.5. The van der Waals surface area contributed by atoms with Gasteiger partial charge in [-0.3, -0.25) is 4.98 Å². The molecule has 1 rings (SSSR count). The molecule has 15 heavy (non-hydrogen) atoms. The summed E-state index contributed by atoms with van der Waals surface area (Å²) in [4.78, 5) is 15.9. The van der Waals surface area contributed by atoms with Crippen molar-refractivity contribution < 1.29 is 9.53 Å². The molecule has 0 saturated heterocycles. The van der Waals surface area contributed by atoms with Crippen molar-refractivity contribution in [2.24, 2.45) is 0 Å². The van der Waals surface area contributed by atoms with Crippen LogP contribution in [0.15, 0.2) is 12.3 Å². The first kappa shape index (κ1) is 11.7. The van der Waals surface area contributed by atoms with Crippen LogP contribution in [-0.2, 0) is 11.2 Å². The van der Waals surface area contributed by atoms with Crippen molar-refractivity contribution in [1.82, 2.24) is 4.98 Å². The van der Waals surface area contributed by atoms with E-state index in [0.29, 0.717) is 12.2 Å². The summed E-state index contributed by atoms with van der Waals surface area (Å²) in [6.07, 6.45) is 3.57. The van der Waals surface area contributed by atoms with Crippen molar-refractivity contribution in [3.05, 3.63) is 29.1 Å². The van der Waals surface area contributed by atoms with Crippen molar-refractivity contribution in [1.29, 1.82) is 0 Å². The molecule has 1 heterocycles. The van der Waals surface area contributed by atoms with E-state index in [0.717, 1.165) is 24.1 Å². The van der Waals surface area contributed by atoms with E-state index in [4.69, 9.17) is 4.74 Å². The second-order valence-corrected chi connectivity index (χ2v) is 3.48. The van der Waals surface area contributed by atoms with E-state index in [1.807, 2.05) is 13.0 Å². The van der Waals surface area contributed by atoms with Gasteiger partial charge in [-0.15, -0.1) is 0 Å². The third-order valence-corrected chi connectivity index (χ3v) is 2.09. The lowest BCUT2D eigenvalue weighted by atomic mass is 10.1. The lowest BCUT2D eigenvalue weighted by molar-refractivity contribution is 0.0524. The second-order valence-electron chi connectivity index (χ2n) is 3.48. The van der Waals surface area contributed by atoms with Crippen molar-refractivity contribution >= 4 is 5.97 Å². The van der Waals surface area contributed by atoms with Crippen molar-refractivity contribution in [2.75, 3.05) is 6.61 Å². The fourth-order valence-electron chi connectivity index (χ4n) is 1.42. The molecule has 0 aliphatic carbocycles. The Morgan fingerprint density at radius 2 is 2.20 bits per heavy atom. The van der Waals surface area contributed by atoms with Gasteiger partial charge in [0.2, 0.25) is 0 Å². The number of nitrogens with zero attached hydrogens (tertiary/aromatic N) is 1. The van der Waals surface area contributed by atoms with Crippen molar-refractivity contribution in [3.63, 3.8) is 0 Å². The highest BCUT2D eigenvalue weighted by Gasteiger charge is 2.13. The Kier molecular flexibility index (Phi) is 4.28. The van der Waals surface area contributed by atoms with E-state index in [1.54, 1.807) is 13.1 Å². The Labute approximate surface area is 90.5 Å². The molecule has 0 aromatic carbocycles. The van der Waals surface area contributed by atoms with Gasteiger partial charge in [0.05, 0.1) is 17.9 Å². The van der Waals surface area contributed by atoms with Gasteiger partial charge in [0, 0.05) is 6.20 Å². The maximum Gasteiger partial charge on any atom is 0.339 e. The average molecular weight is 207 g/mol. The lowest BCUT2D eigenvalue weighted by Gasteiger charge is -2.07. The zero-order valence-corrected chi connectivity index (χ0v) is 9.54. The summed E-state index contributed by atoms with van der Waals surface area (Å²) in [5, 5.41) is 0. The summed E-state index contributed by atoms with van der Waals surface area (Å²) in [5.74, 6) is -0.267. The first-order valence-corrected chi connectivity index (χ1v) is 5.31. The molecule has 3 nitrogen and oxygen atoms in total. The smallest absolute Gasteiger partial charge is 0.339 e. The van der Waals surface area contributed by atoms with Crippen LogP contribution in [0.4, 0.5) is 0 Å². The average Bonchev–Trinajstić information content (AvgIpc) is 2.21. The van der Waals surface area contributed by atoms with Crippen LogP contribution < -0.4 is 0 Å². The van der Waals surface area contributed by atoms with Gasteiger partial charge in [-0.25, -0.2) is 4.79 Å². The van der Waals surface area contributed by atoms with E-state index in [2.05, 4.69) is 11.9 Å². The standard InChI is InChI=1S/C12H17NO2/c1-4-6-11-10(12(14)15-5-2)7-9(3)8-13-11/h7-8H,4-6H2,1-3H3. The first-order valence-electron chi connectivity index (χ1n) is 5.31. The normalized spacial score (nSPS) is 10.1. The molecular formula is C12H17NO2. The van der Waals surface area contributed by atoms with E-state index in [-0.39, 0.29) is 5.97 Å². The summed E-state index contributed by atoms with van der Waals surface area (Å²) in [5.41, 5.74) is 2.43. The Hall–Kier alpha value is -1.38. The number of carbonyl (C=O) groups is 1. The van der Waals surface area contributed by atoms with Crippen LogP contribution in [0.1, 0.15) is 41.9 Å². The predicted octanol–water partition coefficient (Wildman–Crippen LogP) is 2.52. The topological polar surface area (TPSA) is 39.2 Å². The minimum Gasteiger partial charge on any atom is -0.462 e. The van der Waals surface area contributed by atoms with Crippen LogP contribution in [0.5, 0.6) is 0 Å². The third-order valence-electron chi connectivity index (χ3n) is 2.09. The summed E-state index contributed by atoms with van der Waals surface area (Å²) >= 11 is 0. The van der Waals surface area contributed by atoms with E-state index in [1.165, 1.54) is 0 Å². The van der Waals surface area contributed by atoms with Gasteiger partial charge >= 0.3 is 5.97 Å².